The molecule has 0 saturated carbocycles. The monoisotopic (exact) mass is 361 g/mol. The number of carbonyl (C=O) groups excluding carboxylic acids is 1. The van der Waals surface area contributed by atoms with Crippen LogP contribution in [0.25, 0.3) is 17.0 Å². The Balaban J connectivity index is 1.53. The molecule has 0 unspecified atom stereocenters. The minimum Gasteiger partial charge on any atom is -0.272 e. The van der Waals surface area contributed by atoms with Gasteiger partial charge in [-0.15, -0.1) is 11.8 Å². The number of hydrogen-bond acceptors (Lipinski definition) is 4. The molecular weight excluding hydrogens is 342 g/mol. The van der Waals surface area contributed by atoms with E-state index in [4.69, 9.17) is 0 Å². The summed E-state index contributed by atoms with van der Waals surface area (Å²) in [4.78, 5) is 17.4. The lowest BCUT2D eigenvalue weighted by atomic mass is 10.1. The number of nitrogens with one attached hydrogen (secondary N) is 1. The van der Waals surface area contributed by atoms with Gasteiger partial charge in [0.1, 0.15) is 0 Å². The van der Waals surface area contributed by atoms with Crippen molar-refractivity contribution in [2.75, 3.05) is 5.75 Å². The average Bonchev–Trinajstić information content (AvgIpc) is 2.67. The van der Waals surface area contributed by atoms with Crippen LogP contribution in [0.1, 0.15) is 12.5 Å². The Labute approximate surface area is 157 Å². The van der Waals surface area contributed by atoms with Crippen molar-refractivity contribution in [3.05, 3.63) is 78.0 Å². The highest BCUT2D eigenvalue weighted by Gasteiger charge is 2.05. The van der Waals surface area contributed by atoms with Crippen LogP contribution in [0.4, 0.5) is 0 Å². The fraction of sp³-hybridized carbons (Fsp3) is 0.0952. The zero-order valence-corrected chi connectivity index (χ0v) is 15.2. The molecule has 3 aromatic rings. The third kappa shape index (κ3) is 5.04. The third-order valence-corrected chi connectivity index (χ3v) is 4.65. The van der Waals surface area contributed by atoms with Gasteiger partial charge in [-0.3, -0.25) is 9.78 Å². The van der Waals surface area contributed by atoms with Crippen LogP contribution in [0.5, 0.6) is 0 Å². The molecule has 0 bridgehead atoms. The van der Waals surface area contributed by atoms with Crippen molar-refractivity contribution in [2.24, 2.45) is 5.10 Å². The SMILES string of the molecule is CC(/C=N\NC(=O)CSc1cccc2cccnc12)=C\c1ccccc1. The van der Waals surface area contributed by atoms with Gasteiger partial charge in [-0.25, -0.2) is 5.43 Å². The maximum Gasteiger partial charge on any atom is 0.250 e. The molecule has 0 saturated heterocycles. The Morgan fingerprint density at radius 1 is 1.12 bits per heavy atom. The maximum atomic E-state index is 12.0. The van der Waals surface area contributed by atoms with E-state index in [1.54, 1.807) is 12.4 Å². The summed E-state index contributed by atoms with van der Waals surface area (Å²) in [5, 5.41) is 5.09. The van der Waals surface area contributed by atoms with E-state index in [1.165, 1.54) is 11.8 Å². The van der Waals surface area contributed by atoms with Crippen LogP contribution >= 0.6 is 11.8 Å². The van der Waals surface area contributed by atoms with Crippen LogP contribution in [0, 0.1) is 0 Å². The number of hydrogen-bond donors (Lipinski definition) is 1. The topological polar surface area (TPSA) is 54.4 Å². The first-order valence-corrected chi connectivity index (χ1v) is 9.23. The molecule has 2 aromatic carbocycles. The molecule has 5 heteroatoms. The highest BCUT2D eigenvalue weighted by Crippen LogP contribution is 2.25. The number of nitrogens with zero attached hydrogens (tertiary/aromatic N) is 2. The predicted molar refractivity (Wildman–Crippen MR) is 109 cm³/mol. The first kappa shape index (κ1) is 17.9. The van der Waals surface area contributed by atoms with Gasteiger partial charge in [-0.1, -0.05) is 54.6 Å². The van der Waals surface area contributed by atoms with Gasteiger partial charge < -0.3 is 0 Å². The van der Waals surface area contributed by atoms with E-state index in [0.29, 0.717) is 0 Å². The van der Waals surface area contributed by atoms with Gasteiger partial charge >= 0.3 is 0 Å². The van der Waals surface area contributed by atoms with Crippen molar-refractivity contribution >= 4 is 40.9 Å². The molecule has 0 spiro atoms. The molecule has 0 aliphatic carbocycles. The number of carbonyl (C=O) groups is 1. The van der Waals surface area contributed by atoms with E-state index in [2.05, 4.69) is 15.5 Å². The number of thioether (sulfide) groups is 1. The number of para-hydroxylation sites is 1. The minimum absolute atomic E-state index is 0.147. The van der Waals surface area contributed by atoms with Gasteiger partial charge in [0.2, 0.25) is 5.91 Å². The van der Waals surface area contributed by atoms with Crippen LogP contribution in [0.3, 0.4) is 0 Å². The van der Waals surface area contributed by atoms with Crippen LogP contribution in [0.15, 0.2) is 82.4 Å². The highest BCUT2D eigenvalue weighted by molar-refractivity contribution is 8.00. The van der Waals surface area contributed by atoms with Crippen molar-refractivity contribution < 1.29 is 4.79 Å². The van der Waals surface area contributed by atoms with Crippen LogP contribution in [0.2, 0.25) is 0 Å². The van der Waals surface area contributed by atoms with Crippen molar-refractivity contribution in [3.63, 3.8) is 0 Å². The molecule has 0 atom stereocenters. The molecule has 130 valence electrons. The molecule has 1 heterocycles. The maximum absolute atomic E-state index is 12.0. The lowest BCUT2D eigenvalue weighted by Gasteiger charge is -2.04. The van der Waals surface area contributed by atoms with Crippen molar-refractivity contribution in [2.45, 2.75) is 11.8 Å². The minimum atomic E-state index is -0.147. The van der Waals surface area contributed by atoms with E-state index in [9.17, 15) is 4.79 Å². The number of rotatable bonds is 6. The Morgan fingerprint density at radius 3 is 2.77 bits per heavy atom. The van der Waals surface area contributed by atoms with Gasteiger partial charge in [-0.2, -0.15) is 5.10 Å². The van der Waals surface area contributed by atoms with E-state index in [-0.39, 0.29) is 11.7 Å². The summed E-state index contributed by atoms with van der Waals surface area (Å²) in [6.07, 6.45) is 5.42. The molecule has 3 rings (SSSR count). The van der Waals surface area contributed by atoms with E-state index in [1.807, 2.05) is 73.7 Å². The number of hydrazone groups is 1. The summed E-state index contributed by atoms with van der Waals surface area (Å²) in [5.74, 6) is 0.140. The number of pyridine rings is 1. The standard InChI is InChI=1S/C21H19N3OS/c1-16(13-17-7-3-2-4-8-17)14-23-24-20(25)15-26-19-11-5-9-18-10-6-12-22-21(18)19/h2-14H,15H2,1H3,(H,24,25)/b16-13+,23-14-. The highest BCUT2D eigenvalue weighted by atomic mass is 32.2. The summed E-state index contributed by atoms with van der Waals surface area (Å²) in [6.45, 7) is 1.94. The van der Waals surface area contributed by atoms with Gasteiger partial charge in [-0.05, 0) is 30.2 Å². The Kier molecular flexibility index (Phi) is 6.17. The molecule has 0 aliphatic heterocycles. The van der Waals surface area contributed by atoms with Gasteiger partial charge in [0, 0.05) is 16.5 Å². The van der Waals surface area contributed by atoms with Gasteiger partial charge in [0.15, 0.2) is 0 Å². The molecule has 1 aromatic heterocycles. The van der Waals surface area contributed by atoms with E-state index >= 15 is 0 Å². The van der Waals surface area contributed by atoms with E-state index < -0.39 is 0 Å². The van der Waals surface area contributed by atoms with Gasteiger partial charge in [0.25, 0.3) is 0 Å². The molecule has 4 nitrogen and oxygen atoms in total. The Morgan fingerprint density at radius 2 is 1.92 bits per heavy atom. The normalized spacial score (nSPS) is 11.8. The van der Waals surface area contributed by atoms with Crippen molar-refractivity contribution in [1.82, 2.24) is 10.4 Å². The van der Waals surface area contributed by atoms with Crippen LogP contribution in [-0.2, 0) is 4.79 Å². The molecular formula is C21H19N3OS. The van der Waals surface area contributed by atoms with Gasteiger partial charge in [0.05, 0.1) is 17.5 Å². The Bertz CT molecular complexity index is 946. The molecule has 1 amide bonds. The fourth-order valence-electron chi connectivity index (χ4n) is 2.42. The summed E-state index contributed by atoms with van der Waals surface area (Å²) in [5.41, 5.74) is 5.54. The van der Waals surface area contributed by atoms with E-state index in [0.717, 1.165) is 26.9 Å². The van der Waals surface area contributed by atoms with Crippen molar-refractivity contribution in [1.29, 1.82) is 0 Å². The quantitative estimate of drug-likeness (QED) is 0.399. The molecule has 0 fully saturated rings. The lowest BCUT2D eigenvalue weighted by molar-refractivity contribution is -0.118. The second-order valence-corrected chi connectivity index (χ2v) is 6.73. The number of aromatic nitrogens is 1. The Hall–Kier alpha value is -2.92. The first-order chi connectivity index (χ1) is 12.7. The van der Waals surface area contributed by atoms with Crippen molar-refractivity contribution in [3.8, 4) is 0 Å². The molecule has 0 aliphatic rings. The smallest absolute Gasteiger partial charge is 0.250 e. The number of benzene rings is 2. The van der Waals surface area contributed by atoms with Crippen LogP contribution in [-0.4, -0.2) is 22.9 Å². The zero-order valence-electron chi connectivity index (χ0n) is 14.4. The molecule has 0 radical (unpaired) electrons. The zero-order chi connectivity index (χ0) is 18.2. The number of allylic oxidation sites excluding steroid dienone is 1. The average molecular weight is 361 g/mol. The third-order valence-electron chi connectivity index (χ3n) is 3.61. The van der Waals surface area contributed by atoms with Crippen LogP contribution < -0.4 is 5.43 Å². The number of amides is 1. The summed E-state index contributed by atoms with van der Waals surface area (Å²) in [7, 11) is 0. The molecule has 26 heavy (non-hydrogen) atoms. The second kappa shape index (κ2) is 8.97. The molecule has 1 N–H and O–H groups in total. The first-order valence-electron chi connectivity index (χ1n) is 8.24. The summed E-state index contributed by atoms with van der Waals surface area (Å²) >= 11 is 1.46. The predicted octanol–water partition coefficient (Wildman–Crippen LogP) is 4.53. The second-order valence-electron chi connectivity index (χ2n) is 5.71. The summed E-state index contributed by atoms with van der Waals surface area (Å²) in [6, 6.07) is 19.9. The largest absolute Gasteiger partial charge is 0.272 e. The number of fused-ring (bicyclic) bond motifs is 1. The summed E-state index contributed by atoms with van der Waals surface area (Å²) < 4.78 is 0. The fourth-order valence-corrected chi connectivity index (χ4v) is 3.26. The lowest BCUT2D eigenvalue weighted by Crippen LogP contribution is -2.19.